The summed E-state index contributed by atoms with van der Waals surface area (Å²) in [6.07, 6.45) is 4.70. The van der Waals surface area contributed by atoms with Gasteiger partial charge in [0.1, 0.15) is 5.82 Å². The molecule has 1 N–H and O–H groups in total. The van der Waals surface area contributed by atoms with Gasteiger partial charge in [-0.05, 0) is 31.5 Å². The molecule has 1 heterocycles. The number of hydrogen-bond donors (Lipinski definition) is 1. The minimum absolute atomic E-state index is 0.651. The Kier molecular flexibility index (Phi) is 2.00. The summed E-state index contributed by atoms with van der Waals surface area (Å²) in [5, 5.41) is 7.07. The monoisotopic (exact) mass is 183 g/mol. The third kappa shape index (κ3) is 1.31. The van der Waals surface area contributed by atoms with E-state index in [2.05, 4.69) is 21.7 Å². The number of nitrogens with zero attached hydrogens (tertiary/aromatic N) is 2. The molecular weight excluding hydrogens is 170 g/mol. The molecule has 3 nitrogen and oxygen atoms in total. The number of aryl methyl sites for hydroxylation is 1. The van der Waals surface area contributed by atoms with Gasteiger partial charge in [-0.2, -0.15) is 5.10 Å². The van der Waals surface area contributed by atoms with Crippen LogP contribution in [0.25, 0.3) is 0 Å². The Bertz CT molecular complexity index is 321. The van der Waals surface area contributed by atoms with E-state index in [9.17, 15) is 0 Å². The Morgan fingerprint density at radius 3 is 3.00 bits per heavy atom. The standard InChI is InChI=1S/C8H13N3S/c1-2-3-7-9-10-8(12)11(7)6-4-5-6/h6H,2-5H2,1H3,(H,10,12). The van der Waals surface area contributed by atoms with Crippen molar-refractivity contribution in [2.45, 2.75) is 38.6 Å². The highest BCUT2D eigenvalue weighted by atomic mass is 32.1. The summed E-state index contributed by atoms with van der Waals surface area (Å²) in [6, 6.07) is 0.651. The lowest BCUT2D eigenvalue weighted by Crippen LogP contribution is -2.01. The van der Waals surface area contributed by atoms with E-state index < -0.39 is 0 Å². The quantitative estimate of drug-likeness (QED) is 0.729. The van der Waals surface area contributed by atoms with Crippen LogP contribution in [0.2, 0.25) is 0 Å². The number of aromatic amines is 1. The third-order valence-corrected chi connectivity index (χ3v) is 2.45. The minimum atomic E-state index is 0.651. The van der Waals surface area contributed by atoms with Gasteiger partial charge in [-0.1, -0.05) is 6.92 Å². The Morgan fingerprint density at radius 1 is 1.67 bits per heavy atom. The van der Waals surface area contributed by atoms with Crippen LogP contribution in [0.3, 0.4) is 0 Å². The number of nitrogens with one attached hydrogen (secondary N) is 1. The minimum Gasteiger partial charge on any atom is -0.301 e. The molecule has 1 fully saturated rings. The molecule has 1 aliphatic carbocycles. The highest BCUT2D eigenvalue weighted by Crippen LogP contribution is 2.35. The summed E-state index contributed by atoms with van der Waals surface area (Å²) < 4.78 is 2.97. The first kappa shape index (κ1) is 7.98. The lowest BCUT2D eigenvalue weighted by atomic mass is 10.3. The van der Waals surface area contributed by atoms with Crippen molar-refractivity contribution in [2.24, 2.45) is 0 Å². The Morgan fingerprint density at radius 2 is 2.42 bits per heavy atom. The Balaban J connectivity index is 2.33. The maximum absolute atomic E-state index is 5.15. The Hall–Kier alpha value is -0.640. The largest absolute Gasteiger partial charge is 0.301 e. The van der Waals surface area contributed by atoms with Crippen LogP contribution in [0.5, 0.6) is 0 Å². The maximum Gasteiger partial charge on any atom is 0.195 e. The average Bonchev–Trinajstić information content (AvgIpc) is 2.80. The average molecular weight is 183 g/mol. The fourth-order valence-electron chi connectivity index (χ4n) is 1.45. The summed E-state index contributed by atoms with van der Waals surface area (Å²) in [5.41, 5.74) is 0. The van der Waals surface area contributed by atoms with Gasteiger partial charge in [-0.25, -0.2) is 0 Å². The molecular formula is C8H13N3S. The first-order chi connectivity index (χ1) is 5.83. The van der Waals surface area contributed by atoms with Crippen LogP contribution in [-0.4, -0.2) is 14.8 Å². The third-order valence-electron chi connectivity index (χ3n) is 2.16. The maximum atomic E-state index is 5.15. The first-order valence-electron chi connectivity index (χ1n) is 4.48. The first-order valence-corrected chi connectivity index (χ1v) is 4.89. The molecule has 0 radical (unpaired) electrons. The highest BCUT2D eigenvalue weighted by molar-refractivity contribution is 7.71. The van der Waals surface area contributed by atoms with Crippen molar-refractivity contribution >= 4 is 12.2 Å². The van der Waals surface area contributed by atoms with E-state index in [4.69, 9.17) is 12.2 Å². The van der Waals surface area contributed by atoms with Gasteiger partial charge in [0.25, 0.3) is 0 Å². The normalized spacial score (nSPS) is 16.8. The molecule has 66 valence electrons. The summed E-state index contributed by atoms with van der Waals surface area (Å²) in [4.78, 5) is 0. The van der Waals surface area contributed by atoms with Crippen LogP contribution in [0.1, 0.15) is 38.1 Å². The molecule has 0 unspecified atom stereocenters. The van der Waals surface area contributed by atoms with E-state index >= 15 is 0 Å². The van der Waals surface area contributed by atoms with E-state index in [0.29, 0.717) is 6.04 Å². The van der Waals surface area contributed by atoms with E-state index in [-0.39, 0.29) is 0 Å². The second kappa shape index (κ2) is 3.01. The molecule has 0 aliphatic heterocycles. The topological polar surface area (TPSA) is 33.6 Å². The molecule has 0 aromatic carbocycles. The molecule has 0 atom stereocenters. The molecule has 0 bridgehead atoms. The molecule has 0 spiro atoms. The van der Waals surface area contributed by atoms with Gasteiger partial charge < -0.3 is 4.57 Å². The predicted molar refractivity (Wildman–Crippen MR) is 49.7 cm³/mol. The van der Waals surface area contributed by atoms with Crippen molar-refractivity contribution in [1.82, 2.24) is 14.8 Å². The molecule has 1 saturated carbocycles. The molecule has 2 rings (SSSR count). The van der Waals surface area contributed by atoms with Crippen molar-refractivity contribution in [3.63, 3.8) is 0 Å². The van der Waals surface area contributed by atoms with E-state index in [0.717, 1.165) is 23.4 Å². The summed E-state index contributed by atoms with van der Waals surface area (Å²) in [6.45, 7) is 2.16. The molecule has 12 heavy (non-hydrogen) atoms. The number of H-pyrrole nitrogens is 1. The van der Waals surface area contributed by atoms with Gasteiger partial charge in [0.05, 0.1) is 0 Å². The van der Waals surface area contributed by atoms with Gasteiger partial charge in [-0.15, -0.1) is 0 Å². The van der Waals surface area contributed by atoms with Crippen LogP contribution in [-0.2, 0) is 6.42 Å². The molecule has 1 aromatic heterocycles. The van der Waals surface area contributed by atoms with Crippen molar-refractivity contribution < 1.29 is 0 Å². The van der Waals surface area contributed by atoms with Crippen molar-refractivity contribution in [3.05, 3.63) is 10.6 Å². The predicted octanol–water partition coefficient (Wildman–Crippen LogP) is 2.23. The number of rotatable bonds is 3. The van der Waals surface area contributed by atoms with Crippen molar-refractivity contribution in [2.75, 3.05) is 0 Å². The summed E-state index contributed by atoms with van der Waals surface area (Å²) >= 11 is 5.15. The second-order valence-electron chi connectivity index (χ2n) is 3.30. The molecule has 0 amide bonds. The summed E-state index contributed by atoms with van der Waals surface area (Å²) in [5.74, 6) is 1.13. The zero-order valence-electron chi connectivity index (χ0n) is 7.21. The fourth-order valence-corrected chi connectivity index (χ4v) is 1.75. The van der Waals surface area contributed by atoms with Crippen LogP contribution in [0.15, 0.2) is 0 Å². The van der Waals surface area contributed by atoms with E-state index in [1.165, 1.54) is 12.8 Å². The Labute approximate surface area is 76.8 Å². The van der Waals surface area contributed by atoms with Crippen LogP contribution < -0.4 is 0 Å². The summed E-state index contributed by atoms with van der Waals surface area (Å²) in [7, 11) is 0. The zero-order valence-corrected chi connectivity index (χ0v) is 8.02. The van der Waals surface area contributed by atoms with Gasteiger partial charge in [0, 0.05) is 12.5 Å². The molecule has 0 saturated heterocycles. The molecule has 1 aromatic rings. The SMILES string of the molecule is CCCc1n[nH]c(=S)n1C1CC1. The van der Waals surface area contributed by atoms with Crippen molar-refractivity contribution in [3.8, 4) is 0 Å². The van der Waals surface area contributed by atoms with E-state index in [1.807, 2.05) is 0 Å². The fraction of sp³-hybridized carbons (Fsp3) is 0.750. The lowest BCUT2D eigenvalue weighted by Gasteiger charge is -2.01. The van der Waals surface area contributed by atoms with Crippen LogP contribution in [0.4, 0.5) is 0 Å². The van der Waals surface area contributed by atoms with Gasteiger partial charge in [-0.3, -0.25) is 5.10 Å². The molecule has 1 aliphatic rings. The zero-order chi connectivity index (χ0) is 8.55. The van der Waals surface area contributed by atoms with Crippen LogP contribution in [0, 0.1) is 4.77 Å². The van der Waals surface area contributed by atoms with Gasteiger partial charge in [0.15, 0.2) is 4.77 Å². The second-order valence-corrected chi connectivity index (χ2v) is 3.68. The van der Waals surface area contributed by atoms with Gasteiger partial charge >= 0.3 is 0 Å². The smallest absolute Gasteiger partial charge is 0.195 e. The number of hydrogen-bond acceptors (Lipinski definition) is 2. The lowest BCUT2D eigenvalue weighted by molar-refractivity contribution is 0.662. The highest BCUT2D eigenvalue weighted by Gasteiger charge is 2.26. The number of aromatic nitrogens is 3. The van der Waals surface area contributed by atoms with Gasteiger partial charge in [0.2, 0.25) is 0 Å². The van der Waals surface area contributed by atoms with Crippen molar-refractivity contribution in [1.29, 1.82) is 0 Å². The van der Waals surface area contributed by atoms with E-state index in [1.54, 1.807) is 0 Å². The molecule has 4 heteroatoms. The van der Waals surface area contributed by atoms with Crippen LogP contribution >= 0.6 is 12.2 Å².